The maximum absolute atomic E-state index is 10.2. The van der Waals surface area contributed by atoms with Crippen LogP contribution in [-0.4, -0.2) is 6.08 Å². The SMILES string of the molecule is CC(N=C=O)c1ccc(CCc2ccccc2)cc1. The van der Waals surface area contributed by atoms with E-state index in [1.165, 1.54) is 11.1 Å². The Labute approximate surface area is 113 Å². The van der Waals surface area contributed by atoms with Crippen LogP contribution in [0.5, 0.6) is 0 Å². The van der Waals surface area contributed by atoms with Crippen LogP contribution in [0.25, 0.3) is 0 Å². The Morgan fingerprint density at radius 2 is 1.53 bits per heavy atom. The van der Waals surface area contributed by atoms with Gasteiger partial charge in [-0.15, -0.1) is 0 Å². The molecule has 1 unspecified atom stereocenters. The molecule has 0 aliphatic carbocycles. The molecule has 19 heavy (non-hydrogen) atoms. The van der Waals surface area contributed by atoms with Gasteiger partial charge in [0.15, 0.2) is 0 Å². The predicted octanol–water partition coefficient (Wildman–Crippen LogP) is 3.87. The number of rotatable bonds is 5. The van der Waals surface area contributed by atoms with Crippen LogP contribution >= 0.6 is 0 Å². The molecule has 2 nitrogen and oxygen atoms in total. The first-order chi connectivity index (χ1) is 9.29. The van der Waals surface area contributed by atoms with Crippen LogP contribution in [0.3, 0.4) is 0 Å². The van der Waals surface area contributed by atoms with Crippen molar-refractivity contribution in [1.82, 2.24) is 0 Å². The van der Waals surface area contributed by atoms with Crippen LogP contribution < -0.4 is 0 Å². The monoisotopic (exact) mass is 251 g/mol. The van der Waals surface area contributed by atoms with Gasteiger partial charge >= 0.3 is 0 Å². The summed E-state index contributed by atoms with van der Waals surface area (Å²) in [5.41, 5.74) is 3.70. The van der Waals surface area contributed by atoms with E-state index in [0.29, 0.717) is 0 Å². The topological polar surface area (TPSA) is 29.4 Å². The molecule has 96 valence electrons. The summed E-state index contributed by atoms with van der Waals surface area (Å²) in [7, 11) is 0. The van der Waals surface area contributed by atoms with Gasteiger partial charge in [-0.1, -0.05) is 54.6 Å². The van der Waals surface area contributed by atoms with Crippen LogP contribution in [0.2, 0.25) is 0 Å². The van der Waals surface area contributed by atoms with E-state index in [-0.39, 0.29) is 6.04 Å². The van der Waals surface area contributed by atoms with Gasteiger partial charge in [0.25, 0.3) is 0 Å². The van der Waals surface area contributed by atoms with Gasteiger partial charge < -0.3 is 0 Å². The number of isocyanates is 1. The molecule has 0 saturated carbocycles. The molecule has 0 amide bonds. The van der Waals surface area contributed by atoms with Gasteiger partial charge in [-0.25, -0.2) is 4.79 Å². The summed E-state index contributed by atoms with van der Waals surface area (Å²) in [6.07, 6.45) is 3.67. The molecule has 2 heteroatoms. The normalized spacial score (nSPS) is 11.6. The molecule has 0 aliphatic rings. The lowest BCUT2D eigenvalue weighted by molar-refractivity contribution is 0.559. The zero-order chi connectivity index (χ0) is 13.5. The minimum absolute atomic E-state index is 0.110. The summed E-state index contributed by atoms with van der Waals surface area (Å²) < 4.78 is 0. The number of benzene rings is 2. The van der Waals surface area contributed by atoms with E-state index in [1.807, 2.05) is 25.1 Å². The summed E-state index contributed by atoms with van der Waals surface area (Å²) in [6.45, 7) is 1.89. The number of hydrogen-bond acceptors (Lipinski definition) is 2. The van der Waals surface area contributed by atoms with Crippen molar-refractivity contribution in [2.45, 2.75) is 25.8 Å². The highest BCUT2D eigenvalue weighted by molar-refractivity contribution is 5.35. The summed E-state index contributed by atoms with van der Waals surface area (Å²) in [5, 5.41) is 0. The van der Waals surface area contributed by atoms with Crippen molar-refractivity contribution in [2.24, 2.45) is 4.99 Å². The van der Waals surface area contributed by atoms with E-state index in [1.54, 1.807) is 6.08 Å². The van der Waals surface area contributed by atoms with Gasteiger partial charge in [-0.05, 0) is 36.5 Å². The molecule has 2 aromatic carbocycles. The molecular weight excluding hydrogens is 234 g/mol. The Balaban J connectivity index is 1.97. The van der Waals surface area contributed by atoms with Gasteiger partial charge in [0, 0.05) is 0 Å². The Morgan fingerprint density at radius 3 is 2.11 bits per heavy atom. The van der Waals surface area contributed by atoms with E-state index in [4.69, 9.17) is 0 Å². The number of aryl methyl sites for hydroxylation is 2. The Bertz CT molecular complexity index is 554. The Kier molecular flexibility index (Phi) is 4.66. The van der Waals surface area contributed by atoms with Crippen molar-refractivity contribution >= 4 is 6.08 Å². The standard InChI is InChI=1S/C17H17NO/c1-14(18-13-19)17-11-9-16(10-12-17)8-7-15-5-3-2-4-6-15/h2-6,9-12,14H,7-8H2,1H3. The lowest BCUT2D eigenvalue weighted by atomic mass is 10.0. The van der Waals surface area contributed by atoms with Crippen LogP contribution in [0.1, 0.15) is 29.7 Å². The maximum Gasteiger partial charge on any atom is 0.235 e. The molecule has 0 aliphatic heterocycles. The smallest absolute Gasteiger partial charge is 0.211 e. The minimum atomic E-state index is -0.110. The minimum Gasteiger partial charge on any atom is -0.211 e. The summed E-state index contributed by atoms with van der Waals surface area (Å²) in [6, 6.07) is 18.6. The lowest BCUT2D eigenvalue weighted by Gasteiger charge is -2.06. The van der Waals surface area contributed by atoms with Crippen LogP contribution in [0, 0.1) is 0 Å². The second kappa shape index (κ2) is 6.67. The molecule has 1 atom stereocenters. The van der Waals surface area contributed by atoms with E-state index in [9.17, 15) is 4.79 Å². The molecule has 0 spiro atoms. The third kappa shape index (κ3) is 3.90. The highest BCUT2D eigenvalue weighted by Crippen LogP contribution is 2.17. The molecule has 0 saturated heterocycles. The van der Waals surface area contributed by atoms with Crippen molar-refractivity contribution in [3.63, 3.8) is 0 Å². The molecular formula is C17H17NO. The fourth-order valence-electron chi connectivity index (χ4n) is 2.05. The molecule has 0 bridgehead atoms. The van der Waals surface area contributed by atoms with Gasteiger partial charge in [0.05, 0.1) is 6.04 Å². The maximum atomic E-state index is 10.2. The van der Waals surface area contributed by atoms with Gasteiger partial charge in [-0.2, -0.15) is 4.99 Å². The van der Waals surface area contributed by atoms with Crippen molar-refractivity contribution in [2.75, 3.05) is 0 Å². The first-order valence-electron chi connectivity index (χ1n) is 6.49. The molecule has 0 N–H and O–H groups in total. The number of aliphatic imine (C=N–C) groups is 1. The zero-order valence-corrected chi connectivity index (χ0v) is 11.0. The third-order valence-electron chi connectivity index (χ3n) is 3.25. The third-order valence-corrected chi connectivity index (χ3v) is 3.25. The lowest BCUT2D eigenvalue weighted by Crippen LogP contribution is -1.93. The second-order valence-electron chi connectivity index (χ2n) is 4.62. The summed E-state index contributed by atoms with van der Waals surface area (Å²) in [5.74, 6) is 0. The van der Waals surface area contributed by atoms with E-state index < -0.39 is 0 Å². The molecule has 2 rings (SSSR count). The fraction of sp³-hybridized carbons (Fsp3) is 0.235. The quantitative estimate of drug-likeness (QED) is 0.586. The van der Waals surface area contributed by atoms with Crippen LogP contribution in [0.15, 0.2) is 59.6 Å². The predicted molar refractivity (Wildman–Crippen MR) is 76.8 cm³/mol. The van der Waals surface area contributed by atoms with Gasteiger partial charge in [-0.3, -0.25) is 0 Å². The summed E-state index contributed by atoms with van der Waals surface area (Å²) >= 11 is 0. The van der Waals surface area contributed by atoms with Gasteiger partial charge in [0.2, 0.25) is 6.08 Å². The molecule has 0 radical (unpaired) electrons. The molecule has 0 fully saturated rings. The average molecular weight is 251 g/mol. The van der Waals surface area contributed by atoms with Crippen molar-refractivity contribution in [3.8, 4) is 0 Å². The first-order valence-corrected chi connectivity index (χ1v) is 6.49. The highest BCUT2D eigenvalue weighted by Gasteiger charge is 2.03. The molecule has 0 aromatic heterocycles. The first kappa shape index (κ1) is 13.3. The Morgan fingerprint density at radius 1 is 0.947 bits per heavy atom. The van der Waals surface area contributed by atoms with Crippen molar-refractivity contribution in [3.05, 3.63) is 71.3 Å². The Hall–Kier alpha value is -2.18. The van der Waals surface area contributed by atoms with Crippen LogP contribution in [0.4, 0.5) is 0 Å². The summed E-state index contributed by atoms with van der Waals surface area (Å²) in [4.78, 5) is 13.9. The highest BCUT2D eigenvalue weighted by atomic mass is 16.1. The number of carbonyl (C=O) groups excluding carboxylic acids is 1. The largest absolute Gasteiger partial charge is 0.235 e. The van der Waals surface area contributed by atoms with E-state index >= 15 is 0 Å². The van der Waals surface area contributed by atoms with Crippen molar-refractivity contribution in [1.29, 1.82) is 0 Å². The zero-order valence-electron chi connectivity index (χ0n) is 11.0. The van der Waals surface area contributed by atoms with E-state index in [2.05, 4.69) is 41.4 Å². The fourth-order valence-corrected chi connectivity index (χ4v) is 2.05. The molecule has 2 aromatic rings. The van der Waals surface area contributed by atoms with Crippen molar-refractivity contribution < 1.29 is 4.79 Å². The number of hydrogen-bond donors (Lipinski definition) is 0. The second-order valence-corrected chi connectivity index (χ2v) is 4.62. The van der Waals surface area contributed by atoms with E-state index in [0.717, 1.165) is 18.4 Å². The van der Waals surface area contributed by atoms with Crippen LogP contribution in [-0.2, 0) is 17.6 Å². The van der Waals surface area contributed by atoms with Gasteiger partial charge in [0.1, 0.15) is 0 Å². The molecule has 0 heterocycles. The average Bonchev–Trinajstić information content (AvgIpc) is 2.47. The number of nitrogens with zero attached hydrogens (tertiary/aromatic N) is 1.